The van der Waals surface area contributed by atoms with Gasteiger partial charge in [-0.3, -0.25) is 0 Å². The highest BCUT2D eigenvalue weighted by atomic mass is 35.5. The second-order valence-corrected chi connectivity index (χ2v) is 8.09. The molecule has 0 fully saturated rings. The van der Waals surface area contributed by atoms with Gasteiger partial charge in [-0.15, -0.1) is 0 Å². The van der Waals surface area contributed by atoms with Gasteiger partial charge >= 0.3 is 0 Å². The summed E-state index contributed by atoms with van der Waals surface area (Å²) in [6.07, 6.45) is 0. The van der Waals surface area contributed by atoms with Crippen LogP contribution in [0.25, 0.3) is 0 Å². The van der Waals surface area contributed by atoms with E-state index < -0.39 is 5.69 Å². The molecule has 0 aliphatic carbocycles. The molecule has 1 aromatic rings. The van der Waals surface area contributed by atoms with Crippen molar-refractivity contribution in [2.24, 2.45) is 0 Å². The lowest BCUT2D eigenvalue weighted by molar-refractivity contribution is 0.505. The van der Waals surface area contributed by atoms with Crippen molar-refractivity contribution in [3.05, 3.63) is 28.2 Å². The van der Waals surface area contributed by atoms with Crippen LogP contribution in [0, 0.1) is 0 Å². The Morgan fingerprint density at radius 2 is 2.08 bits per heavy atom. The zero-order valence-corrected chi connectivity index (χ0v) is 10.3. The van der Waals surface area contributed by atoms with Crippen LogP contribution in [0.1, 0.15) is 0 Å². The maximum Gasteiger partial charge on any atom is 0.291 e. The molecule has 1 rings (SSSR count). The predicted octanol–water partition coefficient (Wildman–Crippen LogP) is 3.52. The highest BCUT2D eigenvalue weighted by Crippen LogP contribution is 2.49. The van der Waals surface area contributed by atoms with Gasteiger partial charge in [-0.2, -0.15) is 0 Å². The quantitative estimate of drug-likeness (QED) is 0.639. The number of hydrogen-bond donors (Lipinski definition) is 2. The van der Waals surface area contributed by atoms with Gasteiger partial charge < -0.3 is 9.42 Å². The van der Waals surface area contributed by atoms with Gasteiger partial charge in [0.1, 0.15) is 5.75 Å². The minimum atomic E-state index is -3.03. The van der Waals surface area contributed by atoms with Gasteiger partial charge in [-0.1, -0.05) is 35.5 Å². The summed E-state index contributed by atoms with van der Waals surface area (Å²) in [7, 11) is 0. The normalized spacial score (nSPS) is 15.1. The van der Waals surface area contributed by atoms with Crippen LogP contribution in [0.2, 0.25) is 10.0 Å². The van der Waals surface area contributed by atoms with Crippen LogP contribution >= 0.6 is 41.1 Å². The number of halogens is 2. The maximum absolute atomic E-state index is 9.14. The summed E-state index contributed by atoms with van der Waals surface area (Å²) in [5, 5.41) is 0.785. The van der Waals surface area contributed by atoms with Crippen molar-refractivity contribution in [2.45, 2.75) is 0 Å². The van der Waals surface area contributed by atoms with Gasteiger partial charge in [0.15, 0.2) is 0 Å². The Morgan fingerprint density at radius 3 is 2.54 bits per heavy atom. The first-order chi connectivity index (χ1) is 5.88. The Kier molecular flexibility index (Phi) is 3.93. The van der Waals surface area contributed by atoms with E-state index in [0.717, 1.165) is 0 Å². The van der Waals surface area contributed by atoms with E-state index >= 15 is 0 Å². The van der Waals surface area contributed by atoms with Gasteiger partial charge in [-0.05, 0) is 30.0 Å². The predicted molar refractivity (Wildman–Crippen MR) is 62.6 cm³/mol. The summed E-state index contributed by atoms with van der Waals surface area (Å²) < 4.78 is 4.94. The highest BCUT2D eigenvalue weighted by molar-refractivity contribution is 8.59. The Balaban J connectivity index is 2.97. The third-order valence-electron chi connectivity index (χ3n) is 1.11. The van der Waals surface area contributed by atoms with Crippen molar-refractivity contribution in [2.75, 3.05) is 0 Å². The van der Waals surface area contributed by atoms with E-state index in [2.05, 4.69) is 24.1 Å². The largest absolute Gasteiger partial charge is 0.435 e. The Morgan fingerprint density at radius 1 is 1.46 bits per heavy atom. The van der Waals surface area contributed by atoms with E-state index in [1.165, 1.54) is 12.1 Å². The number of benzene rings is 1. The molecule has 0 amide bonds. The molecule has 0 aliphatic heterocycles. The molecule has 7 heteroatoms. The summed E-state index contributed by atoms with van der Waals surface area (Å²) in [4.78, 5) is 9.14. The summed E-state index contributed by atoms with van der Waals surface area (Å²) in [6, 6.07) is 4.61. The zero-order chi connectivity index (χ0) is 10.1. The minimum Gasteiger partial charge on any atom is -0.435 e. The van der Waals surface area contributed by atoms with Crippen molar-refractivity contribution in [3.63, 3.8) is 0 Å². The van der Waals surface area contributed by atoms with E-state index in [4.69, 9.17) is 32.6 Å². The molecule has 1 atom stereocenters. The molecule has 1 aromatic carbocycles. The molecule has 0 radical (unpaired) electrons. The van der Waals surface area contributed by atoms with Gasteiger partial charge in [0, 0.05) is 5.02 Å². The van der Waals surface area contributed by atoms with E-state index in [1.54, 1.807) is 6.07 Å². The molecule has 13 heavy (non-hydrogen) atoms. The fourth-order valence-electron chi connectivity index (χ4n) is 0.677. The average molecular weight is 275 g/mol. The lowest BCUT2D eigenvalue weighted by atomic mass is 10.3. The molecule has 0 saturated carbocycles. The molecular formula is C6H5Cl2O2PS2. The fraction of sp³-hybridized carbons (Fsp3) is 0. The van der Waals surface area contributed by atoms with Crippen LogP contribution in [0.4, 0.5) is 0 Å². The molecular weight excluding hydrogens is 270 g/mol. The van der Waals surface area contributed by atoms with Crippen LogP contribution in [-0.4, -0.2) is 4.89 Å². The summed E-state index contributed by atoms with van der Waals surface area (Å²) in [5.74, 6) is 0.284. The molecule has 0 saturated heterocycles. The van der Waals surface area contributed by atoms with Gasteiger partial charge in [-0.25, -0.2) is 0 Å². The fourth-order valence-corrected chi connectivity index (χ4v) is 2.10. The molecule has 2 nitrogen and oxygen atoms in total. The molecule has 0 bridgehead atoms. The van der Waals surface area contributed by atoms with Crippen LogP contribution < -0.4 is 4.52 Å². The van der Waals surface area contributed by atoms with Crippen LogP contribution in [0.15, 0.2) is 18.2 Å². The van der Waals surface area contributed by atoms with Crippen molar-refractivity contribution in [3.8, 4) is 5.75 Å². The summed E-state index contributed by atoms with van der Waals surface area (Å²) in [5.41, 5.74) is -3.03. The number of hydrogen-bond acceptors (Lipinski definition) is 2. The zero-order valence-electron chi connectivity index (χ0n) is 6.15. The van der Waals surface area contributed by atoms with Crippen LogP contribution in [0.5, 0.6) is 5.75 Å². The molecule has 1 unspecified atom stereocenters. The molecule has 0 heterocycles. The Labute approximate surface area is 96.1 Å². The number of thiol groups is 1. The molecule has 72 valence electrons. The topological polar surface area (TPSA) is 29.5 Å². The third-order valence-corrected chi connectivity index (χ3v) is 2.54. The average Bonchev–Trinajstić information content (AvgIpc) is 1.93. The van der Waals surface area contributed by atoms with E-state index in [0.29, 0.717) is 10.0 Å². The minimum absolute atomic E-state index is 0.284. The SMILES string of the molecule is OP(=S)(S)Oc1ccc(Cl)cc1Cl. The highest BCUT2D eigenvalue weighted by Gasteiger charge is 2.11. The van der Waals surface area contributed by atoms with Gasteiger partial charge in [0.2, 0.25) is 0 Å². The van der Waals surface area contributed by atoms with Gasteiger partial charge in [0.25, 0.3) is 5.69 Å². The van der Waals surface area contributed by atoms with Crippen molar-refractivity contribution in [1.29, 1.82) is 0 Å². The van der Waals surface area contributed by atoms with Crippen LogP contribution in [-0.2, 0) is 11.8 Å². The first-order valence-electron chi connectivity index (χ1n) is 3.09. The molecule has 0 spiro atoms. The monoisotopic (exact) mass is 274 g/mol. The Hall–Kier alpha value is 0.560. The molecule has 1 N–H and O–H groups in total. The van der Waals surface area contributed by atoms with Crippen LogP contribution in [0.3, 0.4) is 0 Å². The van der Waals surface area contributed by atoms with Gasteiger partial charge in [0.05, 0.1) is 5.02 Å². The lowest BCUT2D eigenvalue weighted by Gasteiger charge is -2.11. The standard InChI is InChI=1S/C6H5Cl2O2PS2/c7-4-1-2-6(5(8)3-4)10-11(9,12)13/h1-3H,(H2,9,12,13). The molecule has 0 aliphatic rings. The second-order valence-electron chi connectivity index (χ2n) is 2.16. The Bertz CT molecular complexity index is 366. The van der Waals surface area contributed by atoms with Crippen molar-refractivity contribution in [1.82, 2.24) is 0 Å². The summed E-state index contributed by atoms with van der Waals surface area (Å²) >= 11 is 19.7. The smallest absolute Gasteiger partial charge is 0.291 e. The first-order valence-corrected chi connectivity index (χ1v) is 7.67. The van der Waals surface area contributed by atoms with E-state index in [-0.39, 0.29) is 5.75 Å². The van der Waals surface area contributed by atoms with E-state index in [9.17, 15) is 0 Å². The number of rotatable bonds is 2. The lowest BCUT2D eigenvalue weighted by Crippen LogP contribution is -1.85. The third kappa shape index (κ3) is 4.07. The molecule has 0 aromatic heterocycles. The van der Waals surface area contributed by atoms with Crippen molar-refractivity contribution < 1.29 is 9.42 Å². The first kappa shape index (κ1) is 11.6. The maximum atomic E-state index is 9.14. The van der Waals surface area contributed by atoms with Crippen molar-refractivity contribution >= 4 is 53.0 Å². The second kappa shape index (κ2) is 4.39. The van der Waals surface area contributed by atoms with E-state index in [1.807, 2.05) is 0 Å². The summed E-state index contributed by atoms with van der Waals surface area (Å²) in [6.45, 7) is 0.